The molecule has 1 aliphatic rings. The van der Waals surface area contributed by atoms with Crippen molar-refractivity contribution in [3.8, 4) is 62.7 Å². The number of fused-ring (bicyclic) bond motifs is 1. The zero-order chi connectivity index (χ0) is 47.9. The number of hydrogen-bond acceptors (Lipinski definition) is 14. The molecule has 9 rings (SSSR count). The van der Waals surface area contributed by atoms with Crippen molar-refractivity contribution in [2.75, 3.05) is 53.5 Å². The number of aliphatic carboxylic acids is 1. The molecule has 0 radical (unpaired) electrons. The molecule has 0 spiro atoms. The van der Waals surface area contributed by atoms with E-state index in [1.807, 2.05) is 105 Å². The highest BCUT2D eigenvalue weighted by molar-refractivity contribution is 7.13. The average molecular weight is 968 g/mol. The molecule has 354 valence electrons. The lowest BCUT2D eigenvalue weighted by Crippen LogP contribution is -2.45. The van der Waals surface area contributed by atoms with Crippen LogP contribution >= 0.6 is 23.1 Å². The third-order valence-corrected chi connectivity index (χ3v) is 13.2. The standard InChI is InChI=1S/C52H51ClN8O7S/c1-33-39(17-18-43(48(33)53)65-28-27-61-25-23-59(2)24-26-61)46-47-45(30-55-49(46)34-13-15-38(16-14-34)66-32-37-20-22-60(3)57-37)69-58-51(47)68-44(52(62)63)29-35-9-5-7-11-41(35)67-31-36-19-21-54-50(56-36)40-10-6-8-12-42(40)64-4/h5-22,30,44H,23-29,31-32H2,1-4H3,(H,62,63). The molecule has 1 atom stereocenters. The van der Waals surface area contributed by atoms with Crippen LogP contribution in [0.5, 0.6) is 28.9 Å². The maximum absolute atomic E-state index is 13.2. The Morgan fingerprint density at radius 3 is 2.36 bits per heavy atom. The van der Waals surface area contributed by atoms with Crippen LogP contribution in [0.4, 0.5) is 0 Å². The third-order valence-electron chi connectivity index (χ3n) is 12.0. The largest absolute Gasteiger partial charge is 0.496 e. The van der Waals surface area contributed by atoms with Crippen molar-refractivity contribution in [3.63, 3.8) is 0 Å². The van der Waals surface area contributed by atoms with Crippen molar-refractivity contribution in [2.24, 2.45) is 7.05 Å². The van der Waals surface area contributed by atoms with Crippen LogP contribution in [0.2, 0.25) is 5.02 Å². The summed E-state index contributed by atoms with van der Waals surface area (Å²) in [5.74, 6) is 1.86. The van der Waals surface area contributed by atoms with E-state index in [1.165, 1.54) is 11.5 Å². The maximum Gasteiger partial charge on any atom is 0.345 e. The molecule has 1 N–H and O–H groups in total. The molecule has 1 unspecified atom stereocenters. The van der Waals surface area contributed by atoms with Gasteiger partial charge in [-0.15, -0.1) is 0 Å². The zero-order valence-corrected chi connectivity index (χ0v) is 40.2. The first kappa shape index (κ1) is 47.0. The van der Waals surface area contributed by atoms with Gasteiger partial charge in [-0.3, -0.25) is 14.6 Å². The summed E-state index contributed by atoms with van der Waals surface area (Å²) in [7, 11) is 5.61. The second-order valence-electron chi connectivity index (χ2n) is 16.7. The predicted octanol–water partition coefficient (Wildman–Crippen LogP) is 9.05. The summed E-state index contributed by atoms with van der Waals surface area (Å²) in [6, 6.07) is 30.0. The SMILES string of the molecule is COc1ccccc1-c1nccc(COc2ccccc2CC(Oc2nsc3cnc(-c4ccc(OCc5ccn(C)n5)cc4)c(-c4ccc(OCCN5CCN(C)CC5)c(Cl)c4C)c23)C(=O)O)n1. The van der Waals surface area contributed by atoms with E-state index >= 15 is 0 Å². The summed E-state index contributed by atoms with van der Waals surface area (Å²) < 4.78 is 37.8. The lowest BCUT2D eigenvalue weighted by molar-refractivity contribution is -0.145. The molecule has 1 saturated heterocycles. The van der Waals surface area contributed by atoms with Gasteiger partial charge < -0.3 is 33.7 Å². The van der Waals surface area contributed by atoms with Gasteiger partial charge in [0.2, 0.25) is 12.0 Å². The maximum atomic E-state index is 13.2. The van der Waals surface area contributed by atoms with Gasteiger partial charge in [-0.1, -0.05) is 48.0 Å². The fourth-order valence-electron chi connectivity index (χ4n) is 8.19. The molecule has 15 nitrogen and oxygen atoms in total. The monoisotopic (exact) mass is 966 g/mol. The third kappa shape index (κ3) is 10.9. The summed E-state index contributed by atoms with van der Waals surface area (Å²) in [5.41, 5.74) is 6.44. The van der Waals surface area contributed by atoms with Gasteiger partial charge in [-0.25, -0.2) is 14.8 Å². The van der Waals surface area contributed by atoms with Crippen molar-refractivity contribution in [1.29, 1.82) is 0 Å². The molecule has 0 bridgehead atoms. The van der Waals surface area contributed by atoms with Gasteiger partial charge in [-0.05, 0) is 103 Å². The van der Waals surface area contributed by atoms with E-state index in [0.717, 1.165) is 60.7 Å². The Morgan fingerprint density at radius 2 is 1.59 bits per heavy atom. The van der Waals surface area contributed by atoms with Crippen molar-refractivity contribution in [2.45, 2.75) is 32.7 Å². The highest BCUT2D eigenvalue weighted by Gasteiger charge is 2.28. The van der Waals surface area contributed by atoms with Crippen LogP contribution in [0.25, 0.3) is 43.9 Å². The number of carboxylic acids is 1. The number of halogens is 1. The Labute approximate surface area is 409 Å². The number of hydrogen-bond donors (Lipinski definition) is 1. The smallest absolute Gasteiger partial charge is 0.345 e. The fourth-order valence-corrected chi connectivity index (χ4v) is 9.11. The van der Waals surface area contributed by atoms with E-state index in [4.69, 9.17) is 49.6 Å². The predicted molar refractivity (Wildman–Crippen MR) is 266 cm³/mol. The van der Waals surface area contributed by atoms with Crippen LogP contribution in [0, 0.1) is 6.92 Å². The summed E-state index contributed by atoms with van der Waals surface area (Å²) in [6.45, 7) is 7.66. The van der Waals surface area contributed by atoms with Crippen molar-refractivity contribution in [1.82, 2.24) is 38.9 Å². The van der Waals surface area contributed by atoms with E-state index in [1.54, 1.807) is 36.3 Å². The van der Waals surface area contributed by atoms with E-state index in [9.17, 15) is 9.90 Å². The first-order valence-electron chi connectivity index (χ1n) is 22.5. The molecule has 69 heavy (non-hydrogen) atoms. The Balaban J connectivity index is 1.01. The van der Waals surface area contributed by atoms with Gasteiger partial charge in [0.25, 0.3) is 0 Å². The number of carboxylic acid groups (broad SMARTS) is 1. The number of aryl methyl sites for hydroxylation is 1. The second kappa shape index (κ2) is 21.5. The lowest BCUT2D eigenvalue weighted by Gasteiger charge is -2.32. The van der Waals surface area contributed by atoms with Crippen LogP contribution in [0.3, 0.4) is 0 Å². The zero-order valence-electron chi connectivity index (χ0n) is 38.7. The van der Waals surface area contributed by atoms with Crippen LogP contribution in [0.1, 0.15) is 22.5 Å². The molecule has 17 heteroatoms. The number of aromatic nitrogens is 6. The molecule has 1 fully saturated rings. The van der Waals surface area contributed by atoms with E-state index in [0.29, 0.717) is 79.7 Å². The normalized spacial score (nSPS) is 13.6. The fraction of sp³-hybridized carbons (Fsp3) is 0.269. The molecular weight excluding hydrogens is 916 g/mol. The second-order valence-corrected chi connectivity index (χ2v) is 17.8. The van der Waals surface area contributed by atoms with Crippen LogP contribution in [-0.4, -0.2) is 110 Å². The number of pyridine rings is 1. The Bertz CT molecular complexity index is 3070. The number of para-hydroxylation sites is 2. The highest BCUT2D eigenvalue weighted by atomic mass is 35.5. The van der Waals surface area contributed by atoms with Gasteiger partial charge in [0.05, 0.1) is 44.9 Å². The molecule has 4 aromatic carbocycles. The van der Waals surface area contributed by atoms with Gasteiger partial charge in [0.15, 0.2) is 5.82 Å². The number of carbonyl (C=O) groups is 1. The van der Waals surface area contributed by atoms with Gasteiger partial charge in [0.1, 0.15) is 42.8 Å². The molecule has 5 heterocycles. The van der Waals surface area contributed by atoms with Gasteiger partial charge in [-0.2, -0.15) is 9.47 Å². The molecule has 0 aliphatic carbocycles. The first-order valence-corrected chi connectivity index (χ1v) is 23.7. The minimum absolute atomic E-state index is 0.0287. The minimum Gasteiger partial charge on any atom is -0.496 e. The van der Waals surface area contributed by atoms with Crippen molar-refractivity contribution >= 4 is 39.2 Å². The van der Waals surface area contributed by atoms with Crippen LogP contribution in [-0.2, 0) is 31.5 Å². The van der Waals surface area contributed by atoms with E-state index in [2.05, 4.69) is 26.9 Å². The number of piperazine rings is 1. The average Bonchev–Trinajstić information content (AvgIpc) is 3.99. The first-order chi connectivity index (χ1) is 33.6. The molecule has 1 aliphatic heterocycles. The molecular formula is C52H51ClN8O7S. The number of methoxy groups -OCH3 is 1. The Morgan fingerprint density at radius 1 is 0.826 bits per heavy atom. The van der Waals surface area contributed by atoms with Gasteiger partial charge >= 0.3 is 5.97 Å². The van der Waals surface area contributed by atoms with E-state index < -0.39 is 12.1 Å². The molecule has 0 amide bonds. The van der Waals surface area contributed by atoms with Crippen molar-refractivity contribution < 1.29 is 33.6 Å². The number of likely N-dealkylation sites (N-methyl/N-ethyl adjacent to an activating group) is 1. The number of ether oxygens (including phenoxy) is 5. The summed E-state index contributed by atoms with van der Waals surface area (Å²) in [6.07, 6.45) is 3.90. The summed E-state index contributed by atoms with van der Waals surface area (Å²) >= 11 is 8.34. The number of benzene rings is 4. The highest BCUT2D eigenvalue weighted by Crippen LogP contribution is 2.46. The van der Waals surface area contributed by atoms with Crippen LogP contribution in [0.15, 0.2) is 116 Å². The van der Waals surface area contributed by atoms with Gasteiger partial charge in [0, 0.05) is 75.9 Å². The quantitative estimate of drug-likeness (QED) is 0.0818. The number of rotatable bonds is 19. The number of nitrogens with zero attached hydrogens (tertiary/aromatic N) is 8. The molecule has 4 aromatic heterocycles. The topological polar surface area (TPSA) is 159 Å². The molecule has 8 aromatic rings. The van der Waals surface area contributed by atoms with Crippen LogP contribution < -0.4 is 23.7 Å². The summed E-state index contributed by atoms with van der Waals surface area (Å²) in [5, 5.41) is 16.2. The Hall–Kier alpha value is -7.11. The van der Waals surface area contributed by atoms with E-state index in [-0.39, 0.29) is 18.9 Å². The minimum atomic E-state index is -1.35. The Kier molecular flexibility index (Phi) is 14.6. The molecule has 0 saturated carbocycles. The lowest BCUT2D eigenvalue weighted by atomic mass is 9.93. The van der Waals surface area contributed by atoms with Crippen molar-refractivity contribution in [3.05, 3.63) is 143 Å². The summed E-state index contributed by atoms with van der Waals surface area (Å²) in [4.78, 5) is 32.0.